The van der Waals surface area contributed by atoms with Gasteiger partial charge in [-0.2, -0.15) is 0 Å². The van der Waals surface area contributed by atoms with Crippen molar-refractivity contribution in [2.24, 2.45) is 17.8 Å². The molecule has 0 N–H and O–H groups in total. The van der Waals surface area contributed by atoms with Crippen molar-refractivity contribution in [2.75, 3.05) is 0 Å². The lowest BCUT2D eigenvalue weighted by Crippen LogP contribution is -2.21. The summed E-state index contributed by atoms with van der Waals surface area (Å²) in [6, 6.07) is 6.16. The van der Waals surface area contributed by atoms with Crippen LogP contribution in [0, 0.1) is 17.8 Å². The zero-order valence-electron chi connectivity index (χ0n) is 18.1. The quantitative estimate of drug-likeness (QED) is 0.363. The molecule has 1 aromatic rings. The van der Waals surface area contributed by atoms with Gasteiger partial charge in [-0.25, -0.2) is 0 Å². The van der Waals surface area contributed by atoms with Gasteiger partial charge in [-0.15, -0.1) is 13.2 Å². The van der Waals surface area contributed by atoms with Gasteiger partial charge in [-0.1, -0.05) is 88.7 Å². The van der Waals surface area contributed by atoms with Crippen LogP contribution in [0.25, 0.3) is 5.57 Å². The van der Waals surface area contributed by atoms with Gasteiger partial charge >= 0.3 is 6.36 Å². The van der Waals surface area contributed by atoms with Gasteiger partial charge in [-0.3, -0.25) is 0 Å². The summed E-state index contributed by atoms with van der Waals surface area (Å²) in [7, 11) is 0. The van der Waals surface area contributed by atoms with E-state index < -0.39 is 6.36 Å². The van der Waals surface area contributed by atoms with Gasteiger partial charge in [0.25, 0.3) is 0 Å². The SMILES string of the molecule is CCCCCCCC1CCC(C2C=CC(c3ccc(OC(F)(F)F)cc3)=CC2)CC1. The molecule has 2 aliphatic carbocycles. The number of hydrogen-bond acceptors (Lipinski definition) is 1. The van der Waals surface area contributed by atoms with E-state index in [9.17, 15) is 13.2 Å². The molecular weight excluding hydrogens is 385 g/mol. The highest BCUT2D eigenvalue weighted by Gasteiger charge is 2.31. The second kappa shape index (κ2) is 11.1. The summed E-state index contributed by atoms with van der Waals surface area (Å²) in [5.41, 5.74) is 2.02. The van der Waals surface area contributed by atoms with Crippen molar-refractivity contribution in [3.8, 4) is 5.75 Å². The number of ether oxygens (including phenoxy) is 1. The Labute approximate surface area is 179 Å². The molecule has 166 valence electrons. The number of alkyl halides is 3. The first kappa shape index (κ1) is 23.0. The molecule has 0 bridgehead atoms. The Morgan fingerprint density at radius 1 is 0.933 bits per heavy atom. The second-order valence-electron chi connectivity index (χ2n) is 8.97. The van der Waals surface area contributed by atoms with Crippen molar-refractivity contribution in [1.29, 1.82) is 0 Å². The molecule has 1 aromatic carbocycles. The number of halogens is 3. The second-order valence-corrected chi connectivity index (χ2v) is 8.97. The molecule has 0 amide bonds. The van der Waals surface area contributed by atoms with Gasteiger partial charge in [0.1, 0.15) is 5.75 Å². The molecule has 0 radical (unpaired) electrons. The Bertz CT molecular complexity index is 694. The molecule has 4 heteroatoms. The average molecular weight is 421 g/mol. The Balaban J connectivity index is 1.42. The molecule has 1 unspecified atom stereocenters. The highest BCUT2D eigenvalue weighted by Crippen LogP contribution is 2.39. The maximum atomic E-state index is 12.3. The Morgan fingerprint density at radius 2 is 1.63 bits per heavy atom. The van der Waals surface area contributed by atoms with Gasteiger partial charge in [0.05, 0.1) is 0 Å². The standard InChI is InChI=1S/C26H35F3O/c1-2-3-4-5-6-7-20-8-10-21(11-9-20)22-12-14-23(15-13-22)24-16-18-25(19-17-24)30-26(27,28)29/h12,14-22H,2-11,13H2,1H3. The minimum Gasteiger partial charge on any atom is -0.406 e. The molecule has 0 saturated heterocycles. The van der Waals surface area contributed by atoms with Crippen molar-refractivity contribution in [3.05, 3.63) is 48.1 Å². The number of benzene rings is 1. The first-order valence-corrected chi connectivity index (χ1v) is 11.7. The molecule has 0 spiro atoms. The lowest BCUT2D eigenvalue weighted by molar-refractivity contribution is -0.274. The Hall–Kier alpha value is -1.71. The highest BCUT2D eigenvalue weighted by atomic mass is 19.4. The zero-order chi connectivity index (χ0) is 21.4. The predicted octanol–water partition coefficient (Wildman–Crippen LogP) is 8.71. The van der Waals surface area contributed by atoms with Crippen LogP contribution in [0.15, 0.2) is 42.5 Å². The number of hydrogen-bond donors (Lipinski definition) is 0. The van der Waals surface area contributed by atoms with Gasteiger partial charge in [0, 0.05) is 0 Å². The van der Waals surface area contributed by atoms with Crippen molar-refractivity contribution in [2.45, 2.75) is 83.9 Å². The summed E-state index contributed by atoms with van der Waals surface area (Å²) in [6.45, 7) is 2.27. The van der Waals surface area contributed by atoms with Crippen LogP contribution in [0.4, 0.5) is 13.2 Å². The van der Waals surface area contributed by atoms with Crippen molar-refractivity contribution in [1.82, 2.24) is 0 Å². The van der Waals surface area contributed by atoms with Crippen LogP contribution in [0.2, 0.25) is 0 Å². The van der Waals surface area contributed by atoms with Crippen LogP contribution < -0.4 is 4.74 Å². The molecule has 0 aliphatic heterocycles. The molecule has 0 aromatic heterocycles. The molecule has 1 saturated carbocycles. The first-order chi connectivity index (χ1) is 14.4. The highest BCUT2D eigenvalue weighted by molar-refractivity contribution is 5.75. The van der Waals surface area contributed by atoms with Gasteiger partial charge in [-0.05, 0) is 60.3 Å². The minimum absolute atomic E-state index is 0.174. The summed E-state index contributed by atoms with van der Waals surface area (Å²) in [5.74, 6) is 2.13. The maximum absolute atomic E-state index is 12.3. The fourth-order valence-corrected chi connectivity index (χ4v) is 4.99. The molecule has 2 aliphatic rings. The van der Waals surface area contributed by atoms with Crippen LogP contribution in [0.1, 0.15) is 83.1 Å². The van der Waals surface area contributed by atoms with Crippen molar-refractivity contribution >= 4 is 5.57 Å². The molecule has 30 heavy (non-hydrogen) atoms. The average Bonchev–Trinajstić information content (AvgIpc) is 2.74. The predicted molar refractivity (Wildman–Crippen MR) is 117 cm³/mol. The number of allylic oxidation sites excluding steroid dienone is 4. The Kier molecular flexibility index (Phi) is 8.47. The molecule has 3 rings (SSSR count). The van der Waals surface area contributed by atoms with E-state index in [0.717, 1.165) is 29.4 Å². The molecule has 1 fully saturated rings. The smallest absolute Gasteiger partial charge is 0.406 e. The van der Waals surface area contributed by atoms with E-state index in [2.05, 4.69) is 29.9 Å². The van der Waals surface area contributed by atoms with Crippen LogP contribution in [-0.2, 0) is 0 Å². The fraction of sp³-hybridized carbons (Fsp3) is 0.615. The topological polar surface area (TPSA) is 9.23 Å². The maximum Gasteiger partial charge on any atom is 0.573 e. The third-order valence-corrected chi connectivity index (χ3v) is 6.77. The minimum atomic E-state index is -4.65. The lowest BCUT2D eigenvalue weighted by Gasteiger charge is -2.33. The van der Waals surface area contributed by atoms with Gasteiger partial charge in [0.15, 0.2) is 0 Å². The van der Waals surface area contributed by atoms with Crippen molar-refractivity contribution in [3.63, 3.8) is 0 Å². The summed E-state index contributed by atoms with van der Waals surface area (Å²) in [5, 5.41) is 0. The van der Waals surface area contributed by atoms with Crippen LogP contribution >= 0.6 is 0 Å². The van der Waals surface area contributed by atoms with E-state index in [0.29, 0.717) is 5.92 Å². The van der Waals surface area contributed by atoms with E-state index in [1.54, 1.807) is 12.1 Å². The van der Waals surface area contributed by atoms with E-state index in [-0.39, 0.29) is 5.75 Å². The third kappa shape index (κ3) is 7.21. The van der Waals surface area contributed by atoms with Gasteiger partial charge in [0.2, 0.25) is 0 Å². The summed E-state index contributed by atoms with van der Waals surface area (Å²) in [4.78, 5) is 0. The summed E-state index contributed by atoms with van der Waals surface area (Å²) < 4.78 is 40.9. The third-order valence-electron chi connectivity index (χ3n) is 6.77. The monoisotopic (exact) mass is 420 g/mol. The molecule has 1 atom stereocenters. The summed E-state index contributed by atoms with van der Waals surface area (Å²) in [6.07, 6.45) is 16.8. The van der Waals surface area contributed by atoms with E-state index in [1.807, 2.05) is 0 Å². The molecular formula is C26H35F3O. The first-order valence-electron chi connectivity index (χ1n) is 11.7. The van der Waals surface area contributed by atoms with Crippen LogP contribution in [0.3, 0.4) is 0 Å². The summed E-state index contributed by atoms with van der Waals surface area (Å²) >= 11 is 0. The van der Waals surface area contributed by atoms with E-state index >= 15 is 0 Å². The largest absolute Gasteiger partial charge is 0.573 e. The number of unbranched alkanes of at least 4 members (excludes halogenated alkanes) is 4. The Morgan fingerprint density at radius 3 is 2.23 bits per heavy atom. The zero-order valence-corrected chi connectivity index (χ0v) is 18.1. The lowest BCUT2D eigenvalue weighted by atomic mass is 9.72. The normalized spacial score (nSPS) is 24.5. The fourth-order valence-electron chi connectivity index (χ4n) is 4.99. The van der Waals surface area contributed by atoms with Crippen LogP contribution in [-0.4, -0.2) is 6.36 Å². The van der Waals surface area contributed by atoms with Crippen LogP contribution in [0.5, 0.6) is 5.75 Å². The molecule has 1 nitrogen and oxygen atoms in total. The van der Waals surface area contributed by atoms with E-state index in [4.69, 9.17) is 0 Å². The van der Waals surface area contributed by atoms with Crippen molar-refractivity contribution < 1.29 is 17.9 Å². The molecule has 0 heterocycles. The van der Waals surface area contributed by atoms with Gasteiger partial charge < -0.3 is 4.74 Å². The number of rotatable bonds is 9. The van der Waals surface area contributed by atoms with E-state index in [1.165, 1.54) is 76.3 Å².